The third kappa shape index (κ3) is 4.14. The van der Waals surface area contributed by atoms with E-state index in [1.54, 1.807) is 0 Å². The lowest BCUT2D eigenvalue weighted by molar-refractivity contribution is 0.660. The van der Waals surface area contributed by atoms with Crippen molar-refractivity contribution in [3.63, 3.8) is 0 Å². The van der Waals surface area contributed by atoms with Crippen LogP contribution in [0.4, 0.5) is 17.1 Å². The van der Waals surface area contributed by atoms with Gasteiger partial charge < -0.3 is 4.90 Å². The van der Waals surface area contributed by atoms with Gasteiger partial charge in [-0.2, -0.15) is 0 Å². The smallest absolute Gasteiger partial charge is 0.0726 e. The van der Waals surface area contributed by atoms with E-state index in [-0.39, 0.29) is 5.41 Å². The highest BCUT2D eigenvalue weighted by atomic mass is 15.1. The molecule has 1 spiro atoms. The molecule has 0 unspecified atom stereocenters. The van der Waals surface area contributed by atoms with E-state index in [9.17, 15) is 0 Å². The van der Waals surface area contributed by atoms with E-state index in [1.165, 1.54) is 105 Å². The predicted molar refractivity (Wildman–Crippen MR) is 248 cm³/mol. The highest BCUT2D eigenvalue weighted by Crippen LogP contribution is 2.65. The molecular weight excluding hydrogens is 711 g/mol. The minimum atomic E-state index is -0.430. The molecule has 0 atom stereocenters. The number of rotatable bonds is 3. The second-order valence-corrected chi connectivity index (χ2v) is 17.1. The standard InChI is InChI=1S/C58H39N/c1-57(2)49-24-11-7-20-43(49)46-33-31-37(35-54(46)57)59(36-30-32-42-40-18-4-3-16-38(40)39-17-5-6-19-41(39)48(42)34-36)55-29-15-28-53-56(55)47-23-10-14-27-52(47)58(53)50-25-12-8-21-44(50)45-22-9-13-26-51(45)58/h3-35H,1-2H3. The second-order valence-electron chi connectivity index (χ2n) is 17.1. The molecule has 3 aliphatic rings. The average molecular weight is 750 g/mol. The van der Waals surface area contributed by atoms with Gasteiger partial charge in [-0.3, -0.25) is 0 Å². The van der Waals surface area contributed by atoms with Gasteiger partial charge in [0, 0.05) is 22.4 Å². The molecule has 0 amide bonds. The third-order valence-corrected chi connectivity index (χ3v) is 14.1. The van der Waals surface area contributed by atoms with Gasteiger partial charge in [-0.1, -0.05) is 184 Å². The molecule has 0 fully saturated rings. The Hall–Kier alpha value is -7.22. The van der Waals surface area contributed by atoms with Crippen molar-refractivity contribution in [2.75, 3.05) is 4.90 Å². The zero-order valence-corrected chi connectivity index (χ0v) is 33.0. The van der Waals surface area contributed by atoms with Crippen LogP contribution < -0.4 is 4.90 Å². The maximum Gasteiger partial charge on any atom is 0.0726 e. The molecule has 3 aliphatic carbocycles. The lowest BCUT2D eigenvalue weighted by Crippen LogP contribution is -2.26. The Kier molecular flexibility index (Phi) is 6.50. The van der Waals surface area contributed by atoms with E-state index < -0.39 is 5.41 Å². The molecule has 0 aromatic heterocycles. The van der Waals surface area contributed by atoms with Crippen LogP contribution in [0.1, 0.15) is 47.2 Å². The Morgan fingerprint density at radius 3 is 1.36 bits per heavy atom. The zero-order valence-electron chi connectivity index (χ0n) is 33.0. The van der Waals surface area contributed by atoms with E-state index in [2.05, 4.69) is 219 Å². The predicted octanol–water partition coefficient (Wildman–Crippen LogP) is 15.3. The summed E-state index contributed by atoms with van der Waals surface area (Å²) in [6.45, 7) is 4.77. The maximum atomic E-state index is 2.56. The molecule has 59 heavy (non-hydrogen) atoms. The van der Waals surface area contributed by atoms with Gasteiger partial charge in [0.25, 0.3) is 0 Å². The fourth-order valence-corrected chi connectivity index (χ4v) is 11.6. The normalized spacial score (nSPS) is 14.5. The first-order valence-corrected chi connectivity index (χ1v) is 20.9. The van der Waals surface area contributed by atoms with Crippen LogP contribution in [-0.4, -0.2) is 0 Å². The summed E-state index contributed by atoms with van der Waals surface area (Å²) < 4.78 is 0. The first-order chi connectivity index (χ1) is 29.0. The Balaban J connectivity index is 1.13. The Morgan fingerprint density at radius 1 is 0.305 bits per heavy atom. The van der Waals surface area contributed by atoms with Crippen molar-refractivity contribution >= 4 is 49.4 Å². The van der Waals surface area contributed by atoms with Gasteiger partial charge in [0.05, 0.1) is 11.1 Å². The molecule has 0 bridgehead atoms. The molecule has 10 aromatic rings. The lowest BCUT2D eigenvalue weighted by Gasteiger charge is -2.32. The average Bonchev–Trinajstić information content (AvgIpc) is 3.85. The van der Waals surface area contributed by atoms with Crippen LogP contribution in [0.2, 0.25) is 0 Å². The molecule has 1 heteroatoms. The summed E-state index contributed by atoms with van der Waals surface area (Å²) in [7, 11) is 0. The van der Waals surface area contributed by atoms with E-state index in [1.807, 2.05) is 0 Å². The Labute approximate surface area is 344 Å². The molecule has 0 heterocycles. The number of hydrogen-bond acceptors (Lipinski definition) is 1. The lowest BCUT2D eigenvalue weighted by atomic mass is 9.70. The van der Waals surface area contributed by atoms with Crippen LogP contribution in [0.15, 0.2) is 200 Å². The van der Waals surface area contributed by atoms with Gasteiger partial charge in [0.1, 0.15) is 0 Å². The fraction of sp³-hybridized carbons (Fsp3) is 0.0690. The minimum absolute atomic E-state index is 0.140. The Bertz CT molecular complexity index is 3360. The quantitative estimate of drug-likeness (QED) is 0.163. The van der Waals surface area contributed by atoms with Crippen molar-refractivity contribution in [2.24, 2.45) is 0 Å². The molecule has 0 aliphatic heterocycles. The van der Waals surface area contributed by atoms with Crippen LogP contribution in [0, 0.1) is 0 Å². The molecule has 0 radical (unpaired) electrons. The van der Waals surface area contributed by atoms with Gasteiger partial charge >= 0.3 is 0 Å². The van der Waals surface area contributed by atoms with Crippen molar-refractivity contribution < 1.29 is 0 Å². The Morgan fingerprint density at radius 2 is 0.729 bits per heavy atom. The summed E-state index contributed by atoms with van der Waals surface area (Å²) in [5.74, 6) is 0. The largest absolute Gasteiger partial charge is 0.310 e. The van der Waals surface area contributed by atoms with Crippen LogP contribution in [0.3, 0.4) is 0 Å². The number of anilines is 3. The summed E-state index contributed by atoms with van der Waals surface area (Å²) >= 11 is 0. The maximum absolute atomic E-state index is 2.56. The summed E-state index contributed by atoms with van der Waals surface area (Å²) in [5.41, 5.74) is 19.0. The molecular formula is C58H39N. The summed E-state index contributed by atoms with van der Waals surface area (Å²) in [5, 5.41) is 7.67. The topological polar surface area (TPSA) is 3.24 Å². The van der Waals surface area contributed by atoms with Crippen LogP contribution >= 0.6 is 0 Å². The van der Waals surface area contributed by atoms with E-state index >= 15 is 0 Å². The first kappa shape index (κ1) is 32.8. The van der Waals surface area contributed by atoms with Crippen molar-refractivity contribution in [1.82, 2.24) is 0 Å². The number of hydrogen-bond donors (Lipinski definition) is 0. The van der Waals surface area contributed by atoms with Crippen molar-refractivity contribution in [3.05, 3.63) is 234 Å². The summed E-state index contributed by atoms with van der Waals surface area (Å²) in [6.07, 6.45) is 0. The molecule has 1 nitrogen and oxygen atoms in total. The fourth-order valence-electron chi connectivity index (χ4n) is 11.6. The van der Waals surface area contributed by atoms with E-state index in [0.29, 0.717) is 0 Å². The van der Waals surface area contributed by atoms with Gasteiger partial charge in [0.15, 0.2) is 0 Å². The number of nitrogens with zero attached hydrogens (tertiary/aromatic N) is 1. The third-order valence-electron chi connectivity index (χ3n) is 14.1. The van der Waals surface area contributed by atoms with E-state index in [4.69, 9.17) is 0 Å². The van der Waals surface area contributed by atoms with E-state index in [0.717, 1.165) is 11.4 Å². The van der Waals surface area contributed by atoms with Crippen LogP contribution in [-0.2, 0) is 10.8 Å². The minimum Gasteiger partial charge on any atom is -0.310 e. The summed E-state index contributed by atoms with van der Waals surface area (Å²) in [4.78, 5) is 2.56. The summed E-state index contributed by atoms with van der Waals surface area (Å²) in [6, 6.07) is 75.5. The second kappa shape index (κ2) is 11.7. The van der Waals surface area contributed by atoms with Crippen molar-refractivity contribution in [1.29, 1.82) is 0 Å². The number of fused-ring (bicyclic) bond motifs is 19. The molecule has 0 saturated carbocycles. The van der Waals surface area contributed by atoms with Gasteiger partial charge in [-0.25, -0.2) is 0 Å². The number of benzene rings is 10. The van der Waals surface area contributed by atoms with Crippen molar-refractivity contribution in [3.8, 4) is 33.4 Å². The van der Waals surface area contributed by atoms with Gasteiger partial charge in [-0.05, 0) is 124 Å². The van der Waals surface area contributed by atoms with Crippen LogP contribution in [0.5, 0.6) is 0 Å². The SMILES string of the molecule is CC1(C)c2ccccc2-c2ccc(N(c3ccc4c5ccccc5c5ccccc5c4c3)c3cccc4c3-c3ccccc3C43c4ccccc4-c4ccccc43)cc21. The zero-order chi connectivity index (χ0) is 39.0. The molecule has 276 valence electrons. The molecule has 0 saturated heterocycles. The van der Waals surface area contributed by atoms with Crippen molar-refractivity contribution in [2.45, 2.75) is 24.7 Å². The van der Waals surface area contributed by atoms with Gasteiger partial charge in [0.2, 0.25) is 0 Å². The van der Waals surface area contributed by atoms with Gasteiger partial charge in [-0.15, -0.1) is 0 Å². The first-order valence-electron chi connectivity index (χ1n) is 20.9. The van der Waals surface area contributed by atoms with Crippen LogP contribution in [0.25, 0.3) is 65.7 Å². The molecule has 0 N–H and O–H groups in total. The molecule has 13 rings (SSSR count). The molecule has 10 aromatic carbocycles. The highest BCUT2D eigenvalue weighted by molar-refractivity contribution is 6.26. The monoisotopic (exact) mass is 749 g/mol. The highest BCUT2D eigenvalue weighted by Gasteiger charge is 2.52.